The zero-order chi connectivity index (χ0) is 11.4. The van der Waals surface area contributed by atoms with E-state index in [9.17, 15) is 9.59 Å². The third-order valence-corrected chi connectivity index (χ3v) is 1.98. The number of amides is 2. The number of carbonyl (C=O) groups is 2. The quantitative estimate of drug-likeness (QED) is 0.712. The van der Waals surface area contributed by atoms with Crippen molar-refractivity contribution in [3.05, 3.63) is 18.3 Å². The first-order chi connectivity index (χ1) is 7.75. The predicted molar refractivity (Wildman–Crippen MR) is 55.5 cm³/mol. The lowest BCUT2D eigenvalue weighted by molar-refractivity contribution is -0.121. The maximum atomic E-state index is 11.6. The van der Waals surface area contributed by atoms with E-state index in [1.54, 1.807) is 12.1 Å². The SMILES string of the molecule is O=C1CCC(C(=O)Nc2cccnn2)=NN1. The molecule has 1 aliphatic rings. The topological polar surface area (TPSA) is 96.3 Å². The lowest BCUT2D eigenvalue weighted by atomic mass is 10.1. The summed E-state index contributed by atoms with van der Waals surface area (Å²) in [5, 5.41) is 13.5. The number of nitrogens with one attached hydrogen (secondary N) is 2. The molecule has 0 bridgehead atoms. The Bertz CT molecular complexity index is 442. The summed E-state index contributed by atoms with van der Waals surface area (Å²) >= 11 is 0. The molecule has 2 N–H and O–H groups in total. The highest BCUT2D eigenvalue weighted by Gasteiger charge is 2.18. The third kappa shape index (κ3) is 2.38. The molecule has 1 aromatic rings. The number of hydrogen-bond acceptors (Lipinski definition) is 5. The van der Waals surface area contributed by atoms with Crippen molar-refractivity contribution in [1.82, 2.24) is 15.6 Å². The average molecular weight is 219 g/mol. The summed E-state index contributed by atoms with van der Waals surface area (Å²) in [5.41, 5.74) is 2.53. The molecule has 2 heterocycles. The van der Waals surface area contributed by atoms with E-state index < -0.39 is 0 Å². The molecule has 1 aliphatic heterocycles. The first-order valence-corrected chi connectivity index (χ1v) is 4.70. The summed E-state index contributed by atoms with van der Waals surface area (Å²) in [6.45, 7) is 0. The molecule has 0 aromatic carbocycles. The molecule has 0 saturated carbocycles. The van der Waals surface area contributed by atoms with Gasteiger partial charge in [0.25, 0.3) is 5.91 Å². The van der Waals surface area contributed by atoms with Crippen LogP contribution in [-0.2, 0) is 9.59 Å². The van der Waals surface area contributed by atoms with E-state index in [-0.39, 0.29) is 23.9 Å². The summed E-state index contributed by atoms with van der Waals surface area (Å²) in [6.07, 6.45) is 2.11. The lowest BCUT2D eigenvalue weighted by Crippen LogP contribution is -2.32. The van der Waals surface area contributed by atoms with Gasteiger partial charge in [-0.3, -0.25) is 9.59 Å². The Hall–Kier alpha value is -2.31. The van der Waals surface area contributed by atoms with Crippen LogP contribution in [0.15, 0.2) is 23.4 Å². The van der Waals surface area contributed by atoms with E-state index in [1.807, 2.05) is 0 Å². The van der Waals surface area contributed by atoms with Crippen LogP contribution in [0.5, 0.6) is 0 Å². The van der Waals surface area contributed by atoms with Crippen molar-refractivity contribution < 1.29 is 9.59 Å². The summed E-state index contributed by atoms with van der Waals surface area (Å²) in [7, 11) is 0. The fourth-order valence-electron chi connectivity index (χ4n) is 1.19. The van der Waals surface area contributed by atoms with E-state index in [2.05, 4.69) is 26.0 Å². The van der Waals surface area contributed by atoms with Crippen molar-refractivity contribution in [3.8, 4) is 0 Å². The molecule has 1 aromatic heterocycles. The van der Waals surface area contributed by atoms with Crippen LogP contribution >= 0.6 is 0 Å². The van der Waals surface area contributed by atoms with Gasteiger partial charge in [0.15, 0.2) is 5.82 Å². The van der Waals surface area contributed by atoms with E-state index in [0.29, 0.717) is 12.2 Å². The second-order valence-corrected chi connectivity index (χ2v) is 3.16. The summed E-state index contributed by atoms with van der Waals surface area (Å²) < 4.78 is 0. The van der Waals surface area contributed by atoms with Crippen molar-refractivity contribution in [1.29, 1.82) is 0 Å². The molecule has 7 heteroatoms. The molecular weight excluding hydrogens is 210 g/mol. The molecular formula is C9H9N5O2. The number of carbonyl (C=O) groups excluding carboxylic acids is 2. The highest BCUT2D eigenvalue weighted by Crippen LogP contribution is 2.03. The Morgan fingerprint density at radius 2 is 2.31 bits per heavy atom. The Morgan fingerprint density at radius 3 is 2.94 bits per heavy atom. The molecule has 16 heavy (non-hydrogen) atoms. The molecule has 0 spiro atoms. The number of aromatic nitrogens is 2. The molecule has 2 amide bonds. The van der Waals surface area contributed by atoms with Gasteiger partial charge in [-0.25, -0.2) is 5.43 Å². The number of hydrogen-bond donors (Lipinski definition) is 2. The van der Waals surface area contributed by atoms with Gasteiger partial charge in [-0.1, -0.05) is 0 Å². The Labute approximate surface area is 90.9 Å². The number of anilines is 1. The van der Waals surface area contributed by atoms with Crippen LogP contribution in [0.4, 0.5) is 5.82 Å². The van der Waals surface area contributed by atoms with Gasteiger partial charge in [-0.15, -0.1) is 5.10 Å². The van der Waals surface area contributed by atoms with Gasteiger partial charge < -0.3 is 5.32 Å². The van der Waals surface area contributed by atoms with Crippen molar-refractivity contribution in [2.75, 3.05) is 5.32 Å². The predicted octanol–water partition coefficient (Wildman–Crippen LogP) is -0.319. The maximum Gasteiger partial charge on any atom is 0.273 e. The van der Waals surface area contributed by atoms with Gasteiger partial charge >= 0.3 is 0 Å². The maximum absolute atomic E-state index is 11.6. The second kappa shape index (κ2) is 4.47. The first-order valence-electron chi connectivity index (χ1n) is 4.70. The molecule has 0 atom stereocenters. The van der Waals surface area contributed by atoms with Gasteiger partial charge in [0.2, 0.25) is 5.91 Å². The van der Waals surface area contributed by atoms with Gasteiger partial charge in [-0.05, 0) is 12.1 Å². The molecule has 2 rings (SSSR count). The molecule has 0 unspecified atom stereocenters. The Kier molecular flexibility index (Phi) is 2.86. The van der Waals surface area contributed by atoms with E-state index in [4.69, 9.17) is 0 Å². The van der Waals surface area contributed by atoms with Crippen LogP contribution in [0.2, 0.25) is 0 Å². The van der Waals surface area contributed by atoms with Crippen LogP contribution in [0.1, 0.15) is 12.8 Å². The van der Waals surface area contributed by atoms with Crippen LogP contribution in [0.3, 0.4) is 0 Å². The van der Waals surface area contributed by atoms with E-state index >= 15 is 0 Å². The fourth-order valence-corrected chi connectivity index (χ4v) is 1.19. The molecule has 0 fully saturated rings. The van der Waals surface area contributed by atoms with Crippen LogP contribution < -0.4 is 10.7 Å². The second-order valence-electron chi connectivity index (χ2n) is 3.16. The minimum atomic E-state index is -0.375. The molecule has 0 aliphatic carbocycles. The lowest BCUT2D eigenvalue weighted by Gasteiger charge is -2.10. The first kappa shape index (κ1) is 10.2. The van der Waals surface area contributed by atoms with Crippen LogP contribution in [0, 0.1) is 0 Å². The summed E-state index contributed by atoms with van der Waals surface area (Å²) in [6, 6.07) is 3.28. The normalized spacial score (nSPS) is 15.0. The highest BCUT2D eigenvalue weighted by molar-refractivity contribution is 6.43. The smallest absolute Gasteiger partial charge is 0.273 e. The highest BCUT2D eigenvalue weighted by atomic mass is 16.2. The molecule has 0 saturated heterocycles. The van der Waals surface area contributed by atoms with Crippen LogP contribution in [-0.4, -0.2) is 27.7 Å². The largest absolute Gasteiger partial charge is 0.304 e. The van der Waals surface area contributed by atoms with Crippen LogP contribution in [0.25, 0.3) is 0 Å². The summed E-state index contributed by atoms with van der Waals surface area (Å²) in [4.78, 5) is 22.4. The Balaban J connectivity index is 2.01. The zero-order valence-corrected chi connectivity index (χ0v) is 8.30. The summed E-state index contributed by atoms with van der Waals surface area (Å²) in [5.74, 6) is -0.205. The fraction of sp³-hybridized carbons (Fsp3) is 0.222. The zero-order valence-electron chi connectivity index (χ0n) is 8.30. The number of nitrogens with zero attached hydrogens (tertiary/aromatic N) is 3. The van der Waals surface area contributed by atoms with Gasteiger partial charge in [0, 0.05) is 19.0 Å². The molecule has 0 radical (unpaired) electrons. The third-order valence-electron chi connectivity index (χ3n) is 1.98. The standard InChI is InChI=1S/C9H9N5O2/c15-8-4-3-6(12-14-8)9(16)11-7-2-1-5-10-13-7/h1-2,5H,3-4H2,(H,14,15)(H,11,13,16). The van der Waals surface area contributed by atoms with Gasteiger partial charge in [-0.2, -0.15) is 10.2 Å². The minimum Gasteiger partial charge on any atom is -0.304 e. The average Bonchev–Trinajstić information content (AvgIpc) is 2.31. The van der Waals surface area contributed by atoms with Crippen molar-refractivity contribution in [2.24, 2.45) is 5.10 Å². The monoisotopic (exact) mass is 219 g/mol. The number of hydrazone groups is 1. The minimum absolute atomic E-state index is 0.184. The number of rotatable bonds is 2. The molecule has 82 valence electrons. The van der Waals surface area contributed by atoms with Gasteiger partial charge in [0.1, 0.15) is 5.71 Å². The molecule has 7 nitrogen and oxygen atoms in total. The van der Waals surface area contributed by atoms with Crippen molar-refractivity contribution in [2.45, 2.75) is 12.8 Å². The van der Waals surface area contributed by atoms with Crippen molar-refractivity contribution in [3.63, 3.8) is 0 Å². The van der Waals surface area contributed by atoms with E-state index in [1.165, 1.54) is 6.20 Å². The Morgan fingerprint density at radius 1 is 1.44 bits per heavy atom. The van der Waals surface area contributed by atoms with Gasteiger partial charge in [0.05, 0.1) is 0 Å². The van der Waals surface area contributed by atoms with E-state index in [0.717, 1.165) is 0 Å². The van der Waals surface area contributed by atoms with Crippen molar-refractivity contribution >= 4 is 23.3 Å².